The average Bonchev–Trinajstić information content (AvgIpc) is 2.41. The molecule has 18 heavy (non-hydrogen) atoms. The minimum Gasteiger partial charge on any atom is -0.494 e. The molecule has 0 bridgehead atoms. The van der Waals surface area contributed by atoms with Crippen LogP contribution in [0.25, 0.3) is 0 Å². The largest absolute Gasteiger partial charge is 0.494 e. The molecule has 1 rings (SSSR count). The summed E-state index contributed by atoms with van der Waals surface area (Å²) in [4.78, 5) is 11.8. The maximum atomic E-state index is 11.8. The van der Waals surface area contributed by atoms with E-state index in [2.05, 4.69) is 6.92 Å². The second-order valence-electron chi connectivity index (χ2n) is 3.76. The Morgan fingerprint density at radius 2 is 2.17 bits per heavy atom. The molecule has 1 aromatic rings. The van der Waals surface area contributed by atoms with Crippen molar-refractivity contribution in [2.45, 2.75) is 20.3 Å². The van der Waals surface area contributed by atoms with Crippen LogP contribution in [0.3, 0.4) is 0 Å². The predicted octanol–water partition coefficient (Wildman–Crippen LogP) is 3.39. The van der Waals surface area contributed by atoms with Crippen LogP contribution in [-0.2, 0) is 4.74 Å². The first kappa shape index (κ1) is 15.1. The predicted molar refractivity (Wildman–Crippen MR) is 75.5 cm³/mol. The summed E-state index contributed by atoms with van der Waals surface area (Å²) in [6.07, 6.45) is 0.954. The van der Waals surface area contributed by atoms with Gasteiger partial charge >= 0.3 is 0 Å². The minimum atomic E-state index is -0.00588. The molecule has 1 aromatic carbocycles. The third-order valence-corrected chi connectivity index (χ3v) is 2.97. The van der Waals surface area contributed by atoms with E-state index in [0.29, 0.717) is 18.1 Å². The van der Waals surface area contributed by atoms with Crippen molar-refractivity contribution in [1.29, 1.82) is 0 Å². The first-order chi connectivity index (χ1) is 8.77. The van der Waals surface area contributed by atoms with Crippen molar-refractivity contribution in [3.63, 3.8) is 0 Å². The van der Waals surface area contributed by atoms with E-state index in [0.717, 1.165) is 17.9 Å². The Morgan fingerprint density at radius 1 is 1.33 bits per heavy atom. The van der Waals surface area contributed by atoms with Gasteiger partial charge in [-0.25, -0.2) is 0 Å². The van der Waals surface area contributed by atoms with Gasteiger partial charge in [0.25, 0.3) is 0 Å². The molecule has 0 heterocycles. The molecule has 0 aromatic heterocycles. The van der Waals surface area contributed by atoms with Crippen molar-refractivity contribution < 1.29 is 14.3 Å². The molecule has 100 valence electrons. The fraction of sp³-hybridized carbons (Fsp3) is 0.500. The van der Waals surface area contributed by atoms with E-state index in [-0.39, 0.29) is 12.4 Å². The lowest BCUT2D eigenvalue weighted by Crippen LogP contribution is -2.09. The molecule has 4 heteroatoms. The van der Waals surface area contributed by atoms with Crippen LogP contribution in [-0.4, -0.2) is 30.7 Å². The summed E-state index contributed by atoms with van der Waals surface area (Å²) < 4.78 is 10.8. The van der Waals surface area contributed by atoms with Crippen molar-refractivity contribution in [2.75, 3.05) is 24.9 Å². The highest BCUT2D eigenvalue weighted by Crippen LogP contribution is 2.14. The Hall–Kier alpha value is -1.00. The number of ether oxygens (including phenoxy) is 2. The number of ketones is 1. The van der Waals surface area contributed by atoms with Crippen LogP contribution in [0, 0.1) is 0 Å². The fourth-order valence-corrected chi connectivity index (χ4v) is 1.71. The van der Waals surface area contributed by atoms with Crippen molar-refractivity contribution in [1.82, 2.24) is 0 Å². The number of thioether (sulfide) groups is 1. The second kappa shape index (κ2) is 9.00. The monoisotopic (exact) mass is 268 g/mol. The maximum absolute atomic E-state index is 11.8. The van der Waals surface area contributed by atoms with E-state index < -0.39 is 0 Å². The molecule has 0 aliphatic heterocycles. The topological polar surface area (TPSA) is 35.5 Å². The molecule has 0 N–H and O–H groups in total. The first-order valence-electron chi connectivity index (χ1n) is 6.19. The zero-order chi connectivity index (χ0) is 13.2. The van der Waals surface area contributed by atoms with Crippen molar-refractivity contribution in [3.05, 3.63) is 29.8 Å². The minimum absolute atomic E-state index is 0.00588. The highest BCUT2D eigenvalue weighted by molar-refractivity contribution is 7.99. The normalized spacial score (nSPS) is 10.3. The molecule has 0 unspecified atom stereocenters. The number of rotatable bonds is 9. The van der Waals surface area contributed by atoms with Gasteiger partial charge in [-0.2, -0.15) is 0 Å². The maximum Gasteiger partial charge on any atom is 0.188 e. The van der Waals surface area contributed by atoms with E-state index in [9.17, 15) is 4.79 Å². The molecular formula is C14H20O3S. The van der Waals surface area contributed by atoms with Gasteiger partial charge < -0.3 is 9.47 Å². The molecule has 0 aliphatic carbocycles. The Balaban J connectivity index is 2.46. The fourth-order valence-electron chi connectivity index (χ4n) is 1.34. The van der Waals surface area contributed by atoms with E-state index >= 15 is 0 Å². The third kappa shape index (κ3) is 5.56. The van der Waals surface area contributed by atoms with Gasteiger partial charge in [0.1, 0.15) is 12.4 Å². The molecule has 0 atom stereocenters. The molecule has 3 nitrogen and oxygen atoms in total. The van der Waals surface area contributed by atoms with Gasteiger partial charge in [-0.3, -0.25) is 4.79 Å². The Kier molecular flexibility index (Phi) is 7.53. The van der Waals surface area contributed by atoms with Crippen LogP contribution < -0.4 is 4.74 Å². The molecule has 0 saturated carbocycles. The number of carbonyl (C=O) groups excluding carboxylic acids is 1. The second-order valence-corrected chi connectivity index (χ2v) is 4.98. The molecule has 0 saturated heterocycles. The Bertz CT molecular complexity index is 366. The highest BCUT2D eigenvalue weighted by atomic mass is 32.2. The summed E-state index contributed by atoms with van der Waals surface area (Å²) in [5.74, 6) is 2.29. The van der Waals surface area contributed by atoms with Crippen LogP contribution >= 0.6 is 11.8 Å². The molecule has 0 fully saturated rings. The lowest BCUT2D eigenvalue weighted by Gasteiger charge is -2.07. The summed E-state index contributed by atoms with van der Waals surface area (Å²) >= 11 is 1.66. The standard InChI is InChI=1S/C14H20O3S/c1-3-8-17-13-7-5-6-12(9-13)14(15)10-16-11-18-4-2/h5-7,9H,3-4,8,10-11H2,1-2H3. The number of hydrogen-bond acceptors (Lipinski definition) is 4. The number of carbonyl (C=O) groups is 1. The molecule has 0 radical (unpaired) electrons. The van der Waals surface area contributed by atoms with Crippen LogP contribution in [0.4, 0.5) is 0 Å². The van der Waals surface area contributed by atoms with Gasteiger partial charge in [0.15, 0.2) is 5.78 Å². The molecule has 0 aliphatic rings. The van der Waals surface area contributed by atoms with Crippen LogP contribution in [0.15, 0.2) is 24.3 Å². The lowest BCUT2D eigenvalue weighted by molar-refractivity contribution is 0.0831. The number of Topliss-reactive ketones (excluding diaryl/α,β-unsaturated/α-hetero) is 1. The van der Waals surface area contributed by atoms with Gasteiger partial charge in [-0.15, -0.1) is 11.8 Å². The summed E-state index contributed by atoms with van der Waals surface area (Å²) in [5, 5.41) is 0. The van der Waals surface area contributed by atoms with E-state index in [1.165, 1.54) is 0 Å². The SMILES string of the molecule is CCCOc1cccc(C(=O)COCSCC)c1. The quantitative estimate of drug-likeness (QED) is 0.391. The number of benzene rings is 1. The molecular weight excluding hydrogens is 248 g/mol. The summed E-state index contributed by atoms with van der Waals surface area (Å²) in [5.41, 5.74) is 0.644. The van der Waals surface area contributed by atoms with Gasteiger partial charge in [0, 0.05) is 5.56 Å². The van der Waals surface area contributed by atoms with Crippen LogP contribution in [0.1, 0.15) is 30.6 Å². The van der Waals surface area contributed by atoms with Crippen LogP contribution in [0.5, 0.6) is 5.75 Å². The lowest BCUT2D eigenvalue weighted by atomic mass is 10.1. The van der Waals surface area contributed by atoms with E-state index in [1.807, 2.05) is 19.1 Å². The van der Waals surface area contributed by atoms with Crippen molar-refractivity contribution in [2.24, 2.45) is 0 Å². The first-order valence-corrected chi connectivity index (χ1v) is 7.35. The average molecular weight is 268 g/mol. The van der Waals surface area contributed by atoms with E-state index in [4.69, 9.17) is 9.47 Å². The highest BCUT2D eigenvalue weighted by Gasteiger charge is 2.07. The van der Waals surface area contributed by atoms with Gasteiger partial charge in [0.05, 0.1) is 12.5 Å². The van der Waals surface area contributed by atoms with Gasteiger partial charge in [-0.1, -0.05) is 26.0 Å². The van der Waals surface area contributed by atoms with Gasteiger partial charge in [-0.05, 0) is 24.3 Å². The smallest absolute Gasteiger partial charge is 0.188 e. The summed E-state index contributed by atoms with van der Waals surface area (Å²) in [6, 6.07) is 7.25. The van der Waals surface area contributed by atoms with Gasteiger partial charge in [0.2, 0.25) is 0 Å². The van der Waals surface area contributed by atoms with Crippen LogP contribution in [0.2, 0.25) is 0 Å². The van der Waals surface area contributed by atoms with E-state index in [1.54, 1.807) is 23.9 Å². The summed E-state index contributed by atoms with van der Waals surface area (Å²) in [6.45, 7) is 4.91. The van der Waals surface area contributed by atoms with Crippen molar-refractivity contribution >= 4 is 17.5 Å². The zero-order valence-electron chi connectivity index (χ0n) is 11.0. The Morgan fingerprint density at radius 3 is 2.89 bits per heavy atom. The Labute approximate surface area is 113 Å². The van der Waals surface area contributed by atoms with Crippen molar-refractivity contribution in [3.8, 4) is 5.75 Å². The number of hydrogen-bond donors (Lipinski definition) is 0. The third-order valence-electron chi connectivity index (χ3n) is 2.23. The molecule has 0 amide bonds. The zero-order valence-corrected chi connectivity index (χ0v) is 11.8. The summed E-state index contributed by atoms with van der Waals surface area (Å²) in [7, 11) is 0. The molecule has 0 spiro atoms.